The summed E-state index contributed by atoms with van der Waals surface area (Å²) in [4.78, 5) is 11.7. The molecule has 1 amide bonds. The molecule has 3 nitrogen and oxygen atoms in total. The van der Waals surface area contributed by atoms with Gasteiger partial charge in [-0.2, -0.15) is 0 Å². The molecule has 0 bridgehead atoms. The monoisotopic (exact) mass is 276 g/mol. The predicted molar refractivity (Wildman–Crippen MR) is 78.8 cm³/mol. The van der Waals surface area contributed by atoms with Crippen molar-refractivity contribution in [2.75, 3.05) is 6.54 Å². The summed E-state index contributed by atoms with van der Waals surface area (Å²) in [7, 11) is 0. The molecule has 0 aliphatic heterocycles. The third kappa shape index (κ3) is 6.60. The van der Waals surface area contributed by atoms with Gasteiger partial charge >= 0.3 is 0 Å². The molecule has 3 N–H and O–H groups in total. The Morgan fingerprint density at radius 1 is 1.28 bits per heavy atom. The molecule has 0 aromatic heterocycles. The van der Waals surface area contributed by atoms with Crippen LogP contribution in [0.2, 0.25) is 0 Å². The third-order valence-corrected chi connectivity index (χ3v) is 3.76. The van der Waals surface area contributed by atoms with Gasteiger partial charge in [0.25, 0.3) is 0 Å². The Labute approximate surface area is 118 Å². The Kier molecular flexibility index (Phi) is 8.62. The standard InChI is InChI=1S/C14H28N2O.ClH/c1-10(2)8-13(15)14(17)16-9-12-6-4-11(3)5-7-12;/h10-13H,4-9,15H2,1-3H3,(H,16,17);1H/t11?,12?,13-;/m0./s1. The van der Waals surface area contributed by atoms with Crippen LogP contribution in [0.1, 0.15) is 52.9 Å². The van der Waals surface area contributed by atoms with E-state index in [-0.39, 0.29) is 24.4 Å². The summed E-state index contributed by atoms with van der Waals surface area (Å²) in [5, 5.41) is 3.01. The number of carbonyl (C=O) groups is 1. The van der Waals surface area contributed by atoms with Crippen molar-refractivity contribution in [2.24, 2.45) is 23.5 Å². The zero-order chi connectivity index (χ0) is 12.8. The molecule has 1 rings (SSSR count). The fraction of sp³-hybridized carbons (Fsp3) is 0.929. The van der Waals surface area contributed by atoms with Crippen LogP contribution in [0.4, 0.5) is 0 Å². The van der Waals surface area contributed by atoms with E-state index >= 15 is 0 Å². The van der Waals surface area contributed by atoms with Crippen LogP contribution >= 0.6 is 12.4 Å². The highest BCUT2D eigenvalue weighted by atomic mass is 35.5. The van der Waals surface area contributed by atoms with Gasteiger partial charge in [0, 0.05) is 6.54 Å². The van der Waals surface area contributed by atoms with Gasteiger partial charge in [0.15, 0.2) is 0 Å². The maximum absolute atomic E-state index is 11.7. The van der Waals surface area contributed by atoms with Crippen molar-refractivity contribution in [1.82, 2.24) is 5.32 Å². The summed E-state index contributed by atoms with van der Waals surface area (Å²) in [5.74, 6) is 2.04. The molecule has 0 radical (unpaired) electrons. The summed E-state index contributed by atoms with van der Waals surface area (Å²) in [6.07, 6.45) is 5.88. The Bertz CT molecular complexity index is 238. The molecule has 0 unspecified atom stereocenters. The van der Waals surface area contributed by atoms with E-state index in [0.29, 0.717) is 11.8 Å². The van der Waals surface area contributed by atoms with Crippen molar-refractivity contribution >= 4 is 18.3 Å². The van der Waals surface area contributed by atoms with E-state index in [0.717, 1.165) is 18.9 Å². The van der Waals surface area contributed by atoms with Gasteiger partial charge in [-0.1, -0.05) is 33.6 Å². The molecule has 0 saturated heterocycles. The lowest BCUT2D eigenvalue weighted by atomic mass is 9.83. The Morgan fingerprint density at radius 2 is 1.83 bits per heavy atom. The third-order valence-electron chi connectivity index (χ3n) is 3.76. The smallest absolute Gasteiger partial charge is 0.236 e. The molecule has 0 heterocycles. The van der Waals surface area contributed by atoms with Gasteiger partial charge in [0.2, 0.25) is 5.91 Å². The van der Waals surface area contributed by atoms with Crippen molar-refractivity contribution in [2.45, 2.75) is 58.9 Å². The zero-order valence-corrected chi connectivity index (χ0v) is 12.8. The van der Waals surface area contributed by atoms with E-state index in [9.17, 15) is 4.79 Å². The first kappa shape index (κ1) is 17.7. The summed E-state index contributed by atoms with van der Waals surface area (Å²) in [5.41, 5.74) is 5.84. The molecule has 1 atom stereocenters. The fourth-order valence-electron chi connectivity index (χ4n) is 2.52. The molecule has 108 valence electrons. The molecule has 18 heavy (non-hydrogen) atoms. The van der Waals surface area contributed by atoms with Crippen molar-refractivity contribution in [3.8, 4) is 0 Å². The molecule has 1 saturated carbocycles. The number of rotatable bonds is 5. The number of carbonyl (C=O) groups excluding carboxylic acids is 1. The van der Waals surface area contributed by atoms with Gasteiger partial charge in [-0.3, -0.25) is 4.79 Å². The second kappa shape index (κ2) is 8.76. The molecule has 0 aromatic rings. The second-order valence-electron chi connectivity index (χ2n) is 6.11. The van der Waals surface area contributed by atoms with Crippen LogP contribution in [0.5, 0.6) is 0 Å². The maximum Gasteiger partial charge on any atom is 0.236 e. The highest BCUT2D eigenvalue weighted by molar-refractivity contribution is 5.85. The first-order valence-electron chi connectivity index (χ1n) is 7.02. The van der Waals surface area contributed by atoms with E-state index in [1.54, 1.807) is 0 Å². The lowest BCUT2D eigenvalue weighted by Gasteiger charge is -2.26. The molecule has 0 spiro atoms. The Hall–Kier alpha value is -0.280. The van der Waals surface area contributed by atoms with Crippen LogP contribution in [0, 0.1) is 17.8 Å². The van der Waals surface area contributed by atoms with Gasteiger partial charge in [0.05, 0.1) is 6.04 Å². The van der Waals surface area contributed by atoms with E-state index in [2.05, 4.69) is 26.1 Å². The zero-order valence-electron chi connectivity index (χ0n) is 11.9. The maximum atomic E-state index is 11.7. The second-order valence-corrected chi connectivity index (χ2v) is 6.11. The van der Waals surface area contributed by atoms with Crippen molar-refractivity contribution in [3.63, 3.8) is 0 Å². The van der Waals surface area contributed by atoms with E-state index in [1.807, 2.05) is 0 Å². The molecule has 1 aliphatic rings. The van der Waals surface area contributed by atoms with Gasteiger partial charge in [-0.05, 0) is 37.0 Å². The first-order chi connectivity index (χ1) is 7.99. The minimum absolute atomic E-state index is 0. The van der Waals surface area contributed by atoms with Gasteiger partial charge in [-0.15, -0.1) is 12.4 Å². The largest absolute Gasteiger partial charge is 0.354 e. The molecule has 0 aromatic carbocycles. The van der Waals surface area contributed by atoms with Gasteiger partial charge < -0.3 is 11.1 Å². The van der Waals surface area contributed by atoms with Crippen LogP contribution in [0.25, 0.3) is 0 Å². The van der Waals surface area contributed by atoms with Crippen LogP contribution < -0.4 is 11.1 Å². The molecule has 1 aliphatic carbocycles. The van der Waals surface area contributed by atoms with Gasteiger partial charge in [-0.25, -0.2) is 0 Å². The Balaban J connectivity index is 0.00000289. The molecule has 4 heteroatoms. The quantitative estimate of drug-likeness (QED) is 0.811. The summed E-state index contributed by atoms with van der Waals surface area (Å²) < 4.78 is 0. The minimum Gasteiger partial charge on any atom is -0.354 e. The first-order valence-corrected chi connectivity index (χ1v) is 7.02. The topological polar surface area (TPSA) is 55.1 Å². The SMILES string of the molecule is CC(C)C[C@H](N)C(=O)NCC1CCC(C)CC1.Cl. The normalized spacial score (nSPS) is 25.4. The van der Waals surface area contributed by atoms with Crippen molar-refractivity contribution in [1.29, 1.82) is 0 Å². The highest BCUT2D eigenvalue weighted by Crippen LogP contribution is 2.27. The Morgan fingerprint density at radius 3 is 2.33 bits per heavy atom. The number of hydrogen-bond acceptors (Lipinski definition) is 2. The van der Waals surface area contributed by atoms with E-state index < -0.39 is 0 Å². The van der Waals surface area contributed by atoms with Crippen LogP contribution in [0.3, 0.4) is 0 Å². The number of hydrogen-bond donors (Lipinski definition) is 2. The van der Waals surface area contributed by atoms with Crippen molar-refractivity contribution < 1.29 is 4.79 Å². The van der Waals surface area contributed by atoms with E-state index in [1.165, 1.54) is 25.7 Å². The van der Waals surface area contributed by atoms with E-state index in [4.69, 9.17) is 5.73 Å². The van der Waals surface area contributed by atoms with Gasteiger partial charge in [0.1, 0.15) is 0 Å². The molecule has 1 fully saturated rings. The predicted octanol–water partition coefficient (Wildman–Crippen LogP) is 2.72. The number of amides is 1. The summed E-state index contributed by atoms with van der Waals surface area (Å²) in [6, 6.07) is -0.336. The fourth-order valence-corrected chi connectivity index (χ4v) is 2.52. The minimum atomic E-state index is -0.336. The number of halogens is 1. The highest BCUT2D eigenvalue weighted by Gasteiger charge is 2.20. The molecular weight excluding hydrogens is 248 g/mol. The van der Waals surface area contributed by atoms with Crippen LogP contribution in [-0.2, 0) is 4.79 Å². The average Bonchev–Trinajstić information content (AvgIpc) is 2.27. The van der Waals surface area contributed by atoms with Crippen molar-refractivity contribution in [3.05, 3.63) is 0 Å². The summed E-state index contributed by atoms with van der Waals surface area (Å²) >= 11 is 0. The lowest BCUT2D eigenvalue weighted by Crippen LogP contribution is -2.43. The van der Waals surface area contributed by atoms with Crippen LogP contribution in [0.15, 0.2) is 0 Å². The number of nitrogens with one attached hydrogen (secondary N) is 1. The molecular formula is C14H29ClN2O. The van der Waals surface area contributed by atoms with Crippen LogP contribution in [-0.4, -0.2) is 18.5 Å². The average molecular weight is 277 g/mol. The lowest BCUT2D eigenvalue weighted by molar-refractivity contribution is -0.122. The number of nitrogens with two attached hydrogens (primary N) is 1. The summed E-state index contributed by atoms with van der Waals surface area (Å²) in [6.45, 7) is 7.32.